The van der Waals surface area contributed by atoms with Crippen molar-refractivity contribution in [1.29, 1.82) is 0 Å². The summed E-state index contributed by atoms with van der Waals surface area (Å²) in [4.78, 5) is 38.1. The third-order valence-corrected chi connectivity index (χ3v) is 6.12. The van der Waals surface area contributed by atoms with Crippen molar-refractivity contribution in [3.8, 4) is 0 Å². The van der Waals surface area contributed by atoms with Gasteiger partial charge in [0.2, 0.25) is 0 Å². The minimum atomic E-state index is -0.931. The third kappa shape index (κ3) is 3.36. The Hall–Kier alpha value is -2.06. The molecule has 0 amide bonds. The lowest BCUT2D eigenvalue weighted by Crippen LogP contribution is -2.27. The van der Waals surface area contributed by atoms with E-state index in [0.717, 1.165) is 43.5 Å². The van der Waals surface area contributed by atoms with Crippen LogP contribution in [0.5, 0.6) is 0 Å². The zero-order valence-corrected chi connectivity index (χ0v) is 16.0. The van der Waals surface area contributed by atoms with Crippen molar-refractivity contribution in [2.24, 2.45) is 0 Å². The number of rotatable bonds is 5. The van der Waals surface area contributed by atoms with Gasteiger partial charge in [0.15, 0.2) is 11.0 Å². The van der Waals surface area contributed by atoms with Gasteiger partial charge in [-0.05, 0) is 39.3 Å². The number of carbonyl (C=O) groups is 2. The smallest absolute Gasteiger partial charge is 0.327 e. The van der Waals surface area contributed by atoms with Crippen LogP contribution in [0.4, 0.5) is 0 Å². The minimum Gasteiger partial charge on any atom is -0.465 e. The summed E-state index contributed by atoms with van der Waals surface area (Å²) in [5, 5.41) is 0.655. The number of fused-ring (bicyclic) bond motifs is 3. The first-order valence-corrected chi connectivity index (χ1v) is 9.47. The maximum atomic E-state index is 12.1. The number of thiophene rings is 1. The Morgan fingerprint density at radius 2 is 2.08 bits per heavy atom. The molecule has 1 atom stereocenters. The Balaban J connectivity index is 2.12. The van der Waals surface area contributed by atoms with Crippen LogP contribution in [0.25, 0.3) is 20.4 Å². The van der Waals surface area contributed by atoms with Gasteiger partial charge in [-0.3, -0.25) is 9.59 Å². The van der Waals surface area contributed by atoms with E-state index in [0.29, 0.717) is 5.03 Å². The highest BCUT2D eigenvalue weighted by Crippen LogP contribution is 2.39. The summed E-state index contributed by atoms with van der Waals surface area (Å²) in [5.41, 5.74) is 2.83. The van der Waals surface area contributed by atoms with E-state index in [1.807, 2.05) is 19.9 Å². The van der Waals surface area contributed by atoms with Gasteiger partial charge in [0.1, 0.15) is 16.2 Å². The van der Waals surface area contributed by atoms with Crippen LogP contribution in [0.1, 0.15) is 25.1 Å². The SMILES string of the molecule is CCOC(=O)[C@@H](Sc1ncnc2c1sc1nc(C)cc(C)c12)C(C)=O. The molecule has 0 bridgehead atoms. The number of thioether (sulfide) groups is 1. The normalized spacial score (nSPS) is 12.5. The number of aryl methyl sites for hydroxylation is 2. The van der Waals surface area contributed by atoms with Crippen molar-refractivity contribution in [2.45, 2.75) is 38.0 Å². The summed E-state index contributed by atoms with van der Waals surface area (Å²) in [7, 11) is 0. The lowest BCUT2D eigenvalue weighted by Gasteiger charge is -2.11. The monoisotopic (exact) mass is 375 g/mol. The van der Waals surface area contributed by atoms with E-state index in [9.17, 15) is 9.59 Å². The third-order valence-electron chi connectivity index (χ3n) is 3.62. The lowest BCUT2D eigenvalue weighted by atomic mass is 10.1. The lowest BCUT2D eigenvalue weighted by molar-refractivity contribution is -0.144. The molecule has 25 heavy (non-hydrogen) atoms. The fourth-order valence-electron chi connectivity index (χ4n) is 2.60. The number of hydrogen-bond acceptors (Lipinski definition) is 8. The molecule has 3 rings (SSSR count). The summed E-state index contributed by atoms with van der Waals surface area (Å²) >= 11 is 2.58. The highest BCUT2D eigenvalue weighted by Gasteiger charge is 2.28. The van der Waals surface area contributed by atoms with Crippen molar-refractivity contribution < 1.29 is 14.3 Å². The zero-order chi connectivity index (χ0) is 18.1. The van der Waals surface area contributed by atoms with Crippen molar-refractivity contribution >= 4 is 55.3 Å². The molecule has 0 aromatic carbocycles. The largest absolute Gasteiger partial charge is 0.465 e. The van der Waals surface area contributed by atoms with Crippen molar-refractivity contribution in [3.63, 3.8) is 0 Å². The standard InChI is InChI=1S/C17H17N3O3S2/c1-5-23-17(22)13(10(4)21)24-16-14-12(18-7-19-16)11-8(2)6-9(3)20-15(11)25-14/h6-7,13H,5H2,1-4H3/t13-/m0/s1. The Morgan fingerprint density at radius 3 is 2.76 bits per heavy atom. The second-order valence-corrected chi connectivity index (χ2v) is 7.67. The molecule has 0 aliphatic heterocycles. The van der Waals surface area contributed by atoms with E-state index < -0.39 is 11.2 Å². The fourth-order valence-corrected chi connectivity index (χ4v) is 4.87. The topological polar surface area (TPSA) is 82.0 Å². The van der Waals surface area contributed by atoms with Gasteiger partial charge in [0.05, 0.1) is 16.8 Å². The number of Topliss-reactive ketones (excluding diaryl/α,β-unsaturated/α-hetero) is 1. The molecular weight excluding hydrogens is 358 g/mol. The van der Waals surface area contributed by atoms with Crippen LogP contribution in [0, 0.1) is 13.8 Å². The summed E-state index contributed by atoms with van der Waals surface area (Å²) in [5.74, 6) is -0.806. The Bertz CT molecular complexity index is 984. The van der Waals surface area contributed by atoms with Gasteiger partial charge in [0, 0.05) is 11.1 Å². The van der Waals surface area contributed by atoms with Gasteiger partial charge in [0.25, 0.3) is 0 Å². The molecule has 0 spiro atoms. The first kappa shape index (κ1) is 17.8. The molecule has 130 valence electrons. The number of ether oxygens (including phenoxy) is 1. The summed E-state index contributed by atoms with van der Waals surface area (Å²) in [6, 6.07) is 2.01. The van der Waals surface area contributed by atoms with Gasteiger partial charge < -0.3 is 4.74 Å². The molecule has 0 saturated carbocycles. The van der Waals surface area contributed by atoms with Crippen LogP contribution < -0.4 is 0 Å². The number of pyridine rings is 1. The first-order chi connectivity index (χ1) is 11.9. The summed E-state index contributed by atoms with van der Waals surface area (Å²) in [6.45, 7) is 7.30. The molecule has 0 aliphatic rings. The molecule has 3 heterocycles. The fraction of sp³-hybridized carbons (Fsp3) is 0.353. The van der Waals surface area contributed by atoms with Crippen LogP contribution in [0.3, 0.4) is 0 Å². The van der Waals surface area contributed by atoms with E-state index in [1.165, 1.54) is 24.6 Å². The predicted octanol–water partition coefficient (Wildman–Crippen LogP) is 3.47. The Kier molecular flexibility index (Phi) is 5.01. The van der Waals surface area contributed by atoms with Crippen LogP contribution in [0.2, 0.25) is 0 Å². The molecule has 3 aromatic heterocycles. The molecule has 0 radical (unpaired) electrons. The van der Waals surface area contributed by atoms with Gasteiger partial charge in [-0.2, -0.15) is 0 Å². The molecule has 8 heteroatoms. The van der Waals surface area contributed by atoms with Gasteiger partial charge in [-0.1, -0.05) is 11.8 Å². The first-order valence-electron chi connectivity index (χ1n) is 7.77. The van der Waals surface area contributed by atoms with E-state index in [4.69, 9.17) is 4.74 Å². The maximum absolute atomic E-state index is 12.1. The van der Waals surface area contributed by atoms with Gasteiger partial charge in [-0.25, -0.2) is 15.0 Å². The number of nitrogens with zero attached hydrogens (tertiary/aromatic N) is 3. The average molecular weight is 375 g/mol. The highest BCUT2D eigenvalue weighted by molar-refractivity contribution is 8.01. The Labute approximate surface area is 153 Å². The van der Waals surface area contributed by atoms with E-state index in [1.54, 1.807) is 6.92 Å². The van der Waals surface area contributed by atoms with E-state index >= 15 is 0 Å². The highest BCUT2D eigenvalue weighted by atomic mass is 32.2. The second kappa shape index (κ2) is 7.05. The van der Waals surface area contributed by atoms with Crippen molar-refractivity contribution in [2.75, 3.05) is 6.61 Å². The van der Waals surface area contributed by atoms with Crippen LogP contribution in [0.15, 0.2) is 17.4 Å². The molecule has 0 aliphatic carbocycles. The number of ketones is 1. The molecule has 0 fully saturated rings. The predicted molar refractivity (Wildman–Crippen MR) is 99.1 cm³/mol. The summed E-state index contributed by atoms with van der Waals surface area (Å²) < 4.78 is 5.84. The molecule has 0 N–H and O–H groups in total. The summed E-state index contributed by atoms with van der Waals surface area (Å²) in [6.07, 6.45) is 1.46. The Morgan fingerprint density at radius 1 is 1.32 bits per heavy atom. The molecule has 6 nitrogen and oxygen atoms in total. The van der Waals surface area contributed by atoms with Crippen molar-refractivity contribution in [3.05, 3.63) is 23.7 Å². The quantitative estimate of drug-likeness (QED) is 0.292. The van der Waals surface area contributed by atoms with E-state index in [2.05, 4.69) is 15.0 Å². The van der Waals surface area contributed by atoms with Crippen LogP contribution in [-0.4, -0.2) is 38.6 Å². The molecule has 0 saturated heterocycles. The zero-order valence-electron chi connectivity index (χ0n) is 14.3. The molecule has 0 unspecified atom stereocenters. The molecule has 3 aromatic rings. The van der Waals surface area contributed by atoms with E-state index in [-0.39, 0.29) is 12.4 Å². The maximum Gasteiger partial charge on any atom is 0.327 e. The number of aromatic nitrogens is 3. The van der Waals surface area contributed by atoms with Crippen molar-refractivity contribution in [1.82, 2.24) is 15.0 Å². The second-order valence-electron chi connectivity index (χ2n) is 5.58. The average Bonchev–Trinajstić information content (AvgIpc) is 2.91. The van der Waals surface area contributed by atoms with Gasteiger partial charge >= 0.3 is 5.97 Å². The minimum absolute atomic E-state index is 0.230. The van der Waals surface area contributed by atoms with Crippen LogP contribution in [-0.2, 0) is 14.3 Å². The number of hydrogen-bond donors (Lipinski definition) is 0. The van der Waals surface area contributed by atoms with Crippen LogP contribution >= 0.6 is 23.1 Å². The van der Waals surface area contributed by atoms with Gasteiger partial charge in [-0.15, -0.1) is 11.3 Å². The number of esters is 1. The molecular formula is C17H17N3O3S2. The number of carbonyl (C=O) groups excluding carboxylic acids is 2.